The predicted octanol–water partition coefficient (Wildman–Crippen LogP) is 2.89. The van der Waals surface area contributed by atoms with Gasteiger partial charge in [-0.3, -0.25) is 9.59 Å². The van der Waals surface area contributed by atoms with Gasteiger partial charge in [0, 0.05) is 0 Å². The smallest absolute Gasteiger partial charge is 0.295 e. The van der Waals surface area contributed by atoms with Gasteiger partial charge in [-0.1, -0.05) is 34.9 Å². The highest BCUT2D eigenvalue weighted by Crippen LogP contribution is 2.26. The van der Waals surface area contributed by atoms with Crippen molar-refractivity contribution >= 4 is 11.8 Å². The minimum Gasteiger partial charge on any atom is -0.368 e. The molecule has 4 heteroatoms. The van der Waals surface area contributed by atoms with Gasteiger partial charge in [-0.05, 0) is 37.6 Å². The molecule has 0 spiro atoms. The highest BCUT2D eigenvalue weighted by molar-refractivity contribution is 6.20. The van der Waals surface area contributed by atoms with Gasteiger partial charge in [-0.2, -0.15) is 0 Å². The molecule has 3 rings (SSSR count). The van der Waals surface area contributed by atoms with Crippen LogP contribution in [0.25, 0.3) is 0 Å². The molecule has 0 radical (unpaired) electrons. The third-order valence-electron chi connectivity index (χ3n) is 3.28. The number of hydrogen-bond donors (Lipinski definition) is 0. The summed E-state index contributed by atoms with van der Waals surface area (Å²) in [7, 11) is 0. The lowest BCUT2D eigenvalue weighted by molar-refractivity contribution is -0.0144. The van der Waals surface area contributed by atoms with Crippen LogP contribution in [0, 0.1) is 13.8 Å². The summed E-state index contributed by atoms with van der Waals surface area (Å²) >= 11 is 0. The first kappa shape index (κ1) is 12.4. The summed E-state index contributed by atoms with van der Waals surface area (Å²) in [5.41, 5.74) is 2.73. The number of hydroxylamine groups is 2. The van der Waals surface area contributed by atoms with E-state index in [2.05, 4.69) is 0 Å². The number of benzene rings is 2. The Balaban J connectivity index is 1.94. The van der Waals surface area contributed by atoms with Gasteiger partial charge in [0.05, 0.1) is 11.1 Å². The minimum absolute atomic E-state index is 0.377. The van der Waals surface area contributed by atoms with Crippen molar-refractivity contribution in [1.29, 1.82) is 0 Å². The number of aryl methyl sites for hydroxylation is 2. The number of rotatable bonds is 2. The van der Waals surface area contributed by atoms with Gasteiger partial charge in [0.2, 0.25) is 0 Å². The van der Waals surface area contributed by atoms with Crippen LogP contribution in [-0.4, -0.2) is 16.9 Å². The summed E-state index contributed by atoms with van der Waals surface area (Å²) in [4.78, 5) is 29.8. The van der Waals surface area contributed by atoms with Crippen molar-refractivity contribution in [1.82, 2.24) is 5.06 Å². The van der Waals surface area contributed by atoms with Gasteiger partial charge in [0.1, 0.15) is 0 Å². The molecule has 1 aliphatic heterocycles. The molecule has 2 aromatic carbocycles. The number of fused-ring (bicyclic) bond motifs is 1. The van der Waals surface area contributed by atoms with E-state index in [0.717, 1.165) is 16.2 Å². The number of carbonyl (C=O) groups is 2. The standard InChI is InChI=1S/C16H13NO3/c1-10-7-8-14(11(2)9-10)20-17-15(18)12-5-3-4-6-13(12)16(17)19/h3-9H,1-2H3. The third-order valence-corrected chi connectivity index (χ3v) is 3.28. The first-order chi connectivity index (χ1) is 9.58. The lowest BCUT2D eigenvalue weighted by atomic mass is 10.1. The molecule has 0 atom stereocenters. The van der Waals surface area contributed by atoms with E-state index < -0.39 is 11.8 Å². The van der Waals surface area contributed by atoms with Crippen LogP contribution in [0.15, 0.2) is 42.5 Å². The lowest BCUT2D eigenvalue weighted by Crippen LogP contribution is -2.33. The van der Waals surface area contributed by atoms with Crippen LogP contribution < -0.4 is 4.84 Å². The molecule has 0 unspecified atom stereocenters. The van der Waals surface area contributed by atoms with Crippen molar-refractivity contribution in [3.05, 3.63) is 64.7 Å². The summed E-state index contributed by atoms with van der Waals surface area (Å²) in [6, 6.07) is 12.3. The Morgan fingerprint density at radius 3 is 2.05 bits per heavy atom. The molecule has 1 aliphatic rings. The first-order valence-corrected chi connectivity index (χ1v) is 6.31. The molecule has 2 amide bonds. The summed E-state index contributed by atoms with van der Waals surface area (Å²) in [6.45, 7) is 3.85. The van der Waals surface area contributed by atoms with Gasteiger partial charge >= 0.3 is 0 Å². The Kier molecular flexibility index (Phi) is 2.79. The Hall–Kier alpha value is -2.62. The maximum absolute atomic E-state index is 12.2. The van der Waals surface area contributed by atoms with E-state index in [1.54, 1.807) is 30.3 Å². The number of carbonyl (C=O) groups excluding carboxylic acids is 2. The molecule has 0 fully saturated rings. The molecule has 0 N–H and O–H groups in total. The highest BCUT2D eigenvalue weighted by Gasteiger charge is 2.37. The van der Waals surface area contributed by atoms with Crippen molar-refractivity contribution in [2.45, 2.75) is 13.8 Å². The second-order valence-corrected chi connectivity index (χ2v) is 4.81. The lowest BCUT2D eigenvalue weighted by Gasteiger charge is -2.16. The fraction of sp³-hybridized carbons (Fsp3) is 0.125. The zero-order valence-electron chi connectivity index (χ0n) is 11.2. The zero-order valence-corrected chi connectivity index (χ0v) is 11.2. The van der Waals surface area contributed by atoms with E-state index in [9.17, 15) is 9.59 Å². The number of imide groups is 1. The van der Waals surface area contributed by atoms with Crippen molar-refractivity contribution in [3.63, 3.8) is 0 Å². The maximum Gasteiger partial charge on any atom is 0.295 e. The normalized spacial score (nSPS) is 13.6. The molecule has 100 valence electrons. The fourth-order valence-corrected chi connectivity index (χ4v) is 2.25. The monoisotopic (exact) mass is 267 g/mol. The molecule has 0 aromatic heterocycles. The topological polar surface area (TPSA) is 46.6 Å². The van der Waals surface area contributed by atoms with Crippen LogP contribution in [0.3, 0.4) is 0 Å². The second kappa shape index (κ2) is 4.49. The van der Waals surface area contributed by atoms with E-state index in [1.807, 2.05) is 26.0 Å². The third kappa shape index (κ3) is 1.86. The highest BCUT2D eigenvalue weighted by atomic mass is 16.7. The SMILES string of the molecule is Cc1ccc(ON2C(=O)c3ccccc3C2=O)c(C)c1. The molecule has 4 nitrogen and oxygen atoms in total. The van der Waals surface area contributed by atoms with E-state index in [1.165, 1.54) is 0 Å². The van der Waals surface area contributed by atoms with E-state index >= 15 is 0 Å². The molecule has 0 bridgehead atoms. The number of hydrogen-bond acceptors (Lipinski definition) is 3. The molecule has 0 saturated carbocycles. The van der Waals surface area contributed by atoms with Gasteiger partial charge in [-0.15, -0.1) is 0 Å². The van der Waals surface area contributed by atoms with Crippen LogP contribution in [0.2, 0.25) is 0 Å². The minimum atomic E-state index is -0.425. The average molecular weight is 267 g/mol. The average Bonchev–Trinajstić information content (AvgIpc) is 2.67. The Labute approximate surface area is 116 Å². The van der Waals surface area contributed by atoms with Crippen molar-refractivity contribution in [3.8, 4) is 5.75 Å². The van der Waals surface area contributed by atoms with Crippen LogP contribution >= 0.6 is 0 Å². The van der Waals surface area contributed by atoms with E-state index in [-0.39, 0.29) is 0 Å². The van der Waals surface area contributed by atoms with Gasteiger partial charge in [0.25, 0.3) is 11.8 Å². The summed E-state index contributed by atoms with van der Waals surface area (Å²) in [5.74, 6) is -0.346. The van der Waals surface area contributed by atoms with Crippen molar-refractivity contribution < 1.29 is 14.4 Å². The number of amides is 2. The largest absolute Gasteiger partial charge is 0.368 e. The molecule has 20 heavy (non-hydrogen) atoms. The molecule has 0 saturated heterocycles. The molecular weight excluding hydrogens is 254 g/mol. The Morgan fingerprint density at radius 2 is 1.50 bits per heavy atom. The summed E-state index contributed by atoms with van der Waals surface area (Å²) in [6.07, 6.45) is 0. The van der Waals surface area contributed by atoms with E-state index in [4.69, 9.17) is 4.84 Å². The second-order valence-electron chi connectivity index (χ2n) is 4.81. The first-order valence-electron chi connectivity index (χ1n) is 6.31. The van der Waals surface area contributed by atoms with Gasteiger partial charge in [0.15, 0.2) is 5.75 Å². The van der Waals surface area contributed by atoms with Crippen LogP contribution in [-0.2, 0) is 0 Å². The van der Waals surface area contributed by atoms with Crippen molar-refractivity contribution in [2.24, 2.45) is 0 Å². The fourth-order valence-electron chi connectivity index (χ4n) is 2.25. The van der Waals surface area contributed by atoms with E-state index in [0.29, 0.717) is 16.9 Å². The summed E-state index contributed by atoms with van der Waals surface area (Å²) < 4.78 is 0. The maximum atomic E-state index is 12.2. The molecular formula is C16H13NO3. The molecule has 0 aliphatic carbocycles. The predicted molar refractivity (Wildman–Crippen MR) is 73.5 cm³/mol. The van der Waals surface area contributed by atoms with Crippen LogP contribution in [0.1, 0.15) is 31.8 Å². The van der Waals surface area contributed by atoms with Crippen LogP contribution in [0.5, 0.6) is 5.75 Å². The molecule has 1 heterocycles. The Bertz CT molecular complexity index is 686. The van der Waals surface area contributed by atoms with Crippen LogP contribution in [0.4, 0.5) is 0 Å². The Morgan fingerprint density at radius 1 is 0.900 bits per heavy atom. The van der Waals surface area contributed by atoms with Gasteiger partial charge < -0.3 is 4.84 Å². The summed E-state index contributed by atoms with van der Waals surface area (Å²) in [5, 5.41) is 0.822. The van der Waals surface area contributed by atoms with Gasteiger partial charge in [-0.25, -0.2) is 0 Å². The quantitative estimate of drug-likeness (QED) is 0.786. The number of nitrogens with zero attached hydrogens (tertiary/aromatic N) is 1. The zero-order chi connectivity index (χ0) is 14.3. The van der Waals surface area contributed by atoms with Crippen molar-refractivity contribution in [2.75, 3.05) is 0 Å². The molecule has 2 aromatic rings.